The van der Waals surface area contributed by atoms with Crippen LogP contribution >= 0.6 is 0 Å². The molecule has 2 atom stereocenters. The minimum atomic E-state index is -0.669. The monoisotopic (exact) mass is 719 g/mol. The number of ether oxygens (including phenoxy) is 4. The number of carbonyl (C=O) groups excluding carboxylic acids is 2. The van der Waals surface area contributed by atoms with Gasteiger partial charge in [-0.05, 0) is 111 Å². The van der Waals surface area contributed by atoms with Crippen molar-refractivity contribution >= 4 is 11.9 Å². The van der Waals surface area contributed by atoms with Crippen LogP contribution in [0.2, 0.25) is 0 Å². The summed E-state index contributed by atoms with van der Waals surface area (Å²) in [6.45, 7) is 9.34. The van der Waals surface area contributed by atoms with Gasteiger partial charge in [0, 0.05) is 0 Å². The number of rotatable bonds is 23. The molecule has 2 aromatic rings. The average Bonchev–Trinajstić information content (AvgIpc) is 3.16. The first-order chi connectivity index (χ1) is 25.4. The van der Waals surface area contributed by atoms with Crippen LogP contribution in [-0.4, -0.2) is 37.4 Å². The number of carbonyl (C=O) groups is 2. The fourth-order valence-corrected chi connectivity index (χ4v) is 8.48. The predicted molar refractivity (Wildman–Crippen MR) is 210 cm³/mol. The van der Waals surface area contributed by atoms with Gasteiger partial charge in [-0.25, -0.2) is 0 Å². The topological polar surface area (TPSA) is 71.1 Å². The average molecular weight is 719 g/mol. The number of hydrogen-bond donors (Lipinski definition) is 0. The molecule has 2 aliphatic carbocycles. The van der Waals surface area contributed by atoms with Gasteiger partial charge in [-0.3, -0.25) is 9.59 Å². The van der Waals surface area contributed by atoms with Gasteiger partial charge in [0.15, 0.2) is 0 Å². The third kappa shape index (κ3) is 14.6. The number of unbranched alkanes of at least 4 members (excludes halogenated alkanes) is 4. The van der Waals surface area contributed by atoms with Crippen LogP contribution in [0.5, 0.6) is 0 Å². The molecule has 2 saturated carbocycles. The Morgan fingerprint density at radius 1 is 0.538 bits per heavy atom. The first-order valence-electron chi connectivity index (χ1n) is 21.1. The fraction of sp³-hybridized carbons (Fsp3) is 0.696. The van der Waals surface area contributed by atoms with Crippen molar-refractivity contribution in [2.24, 2.45) is 11.8 Å². The molecule has 0 radical (unpaired) electrons. The maximum Gasteiger partial charge on any atom is 0.308 e. The Morgan fingerprint density at radius 3 is 1.23 bits per heavy atom. The Morgan fingerprint density at radius 2 is 0.904 bits per heavy atom. The zero-order chi connectivity index (χ0) is 37.0. The molecule has 290 valence electrons. The van der Waals surface area contributed by atoms with Gasteiger partial charge in [-0.2, -0.15) is 0 Å². The van der Waals surface area contributed by atoms with Crippen molar-refractivity contribution in [3.63, 3.8) is 0 Å². The lowest BCUT2D eigenvalue weighted by Crippen LogP contribution is -2.36. The van der Waals surface area contributed by atoms with Crippen LogP contribution in [0.3, 0.4) is 0 Å². The van der Waals surface area contributed by atoms with E-state index < -0.39 is 12.2 Å². The lowest BCUT2D eigenvalue weighted by Gasteiger charge is -2.29. The Hall–Kier alpha value is -2.70. The standard InChI is InChI=1S/C46H70O6/c1-5-9-11-13-35-15-23-39(24-16-35)41-27-19-37(20-28-41)33-51-43(31-45(47)49-7-3)44(32-46(48)50-8-4)52-34-38-21-29-42(30-22-38)40-25-17-36(18-26-40)14-12-10-6-2/h19-22,27-30,35-36,39-40,43-44H,5-18,23-26,31-34H2,1-4H3/t35-,36-,39-,40-,43-,44-/m1/s1. The molecule has 0 amide bonds. The summed E-state index contributed by atoms with van der Waals surface area (Å²) in [5, 5.41) is 0. The molecule has 0 N–H and O–H groups in total. The maximum absolute atomic E-state index is 12.8. The molecule has 6 heteroatoms. The van der Waals surface area contributed by atoms with E-state index in [1.807, 2.05) is 0 Å². The van der Waals surface area contributed by atoms with E-state index in [0.717, 1.165) is 23.0 Å². The summed E-state index contributed by atoms with van der Waals surface area (Å²) >= 11 is 0. The van der Waals surface area contributed by atoms with Crippen molar-refractivity contribution < 1.29 is 28.5 Å². The van der Waals surface area contributed by atoms with Crippen LogP contribution < -0.4 is 0 Å². The molecular weight excluding hydrogens is 648 g/mol. The van der Waals surface area contributed by atoms with Gasteiger partial charge in [0.25, 0.3) is 0 Å². The van der Waals surface area contributed by atoms with Gasteiger partial charge in [0.05, 0.1) is 51.5 Å². The van der Waals surface area contributed by atoms with E-state index in [2.05, 4.69) is 62.4 Å². The van der Waals surface area contributed by atoms with Gasteiger partial charge >= 0.3 is 11.9 Å². The Kier molecular flexibility index (Phi) is 19.3. The lowest BCUT2D eigenvalue weighted by molar-refractivity contribution is -0.160. The second kappa shape index (κ2) is 23.9. The van der Waals surface area contributed by atoms with Crippen LogP contribution in [0.25, 0.3) is 0 Å². The Labute approximate surface area is 316 Å². The highest BCUT2D eigenvalue weighted by atomic mass is 16.6. The highest BCUT2D eigenvalue weighted by Crippen LogP contribution is 2.39. The first kappa shape index (κ1) is 42.0. The third-order valence-corrected chi connectivity index (χ3v) is 11.7. The van der Waals surface area contributed by atoms with Crippen LogP contribution in [-0.2, 0) is 41.8 Å². The quantitative estimate of drug-likeness (QED) is 0.0841. The molecule has 52 heavy (non-hydrogen) atoms. The van der Waals surface area contributed by atoms with E-state index in [-0.39, 0.29) is 38.0 Å². The first-order valence-corrected chi connectivity index (χ1v) is 21.1. The zero-order valence-corrected chi connectivity index (χ0v) is 33.1. The molecule has 0 aromatic heterocycles. The number of hydrogen-bond acceptors (Lipinski definition) is 6. The van der Waals surface area contributed by atoms with Crippen LogP contribution in [0, 0.1) is 11.8 Å². The second-order valence-corrected chi connectivity index (χ2v) is 15.6. The molecule has 0 unspecified atom stereocenters. The summed E-state index contributed by atoms with van der Waals surface area (Å²) in [6.07, 6.45) is 19.9. The Bertz CT molecular complexity index is 1160. The highest BCUT2D eigenvalue weighted by Gasteiger charge is 2.30. The molecule has 0 spiro atoms. The summed E-state index contributed by atoms with van der Waals surface area (Å²) in [6, 6.07) is 17.6. The van der Waals surface area contributed by atoms with Crippen molar-refractivity contribution in [2.45, 2.75) is 181 Å². The minimum absolute atomic E-state index is 0.00243. The van der Waals surface area contributed by atoms with Crippen molar-refractivity contribution in [1.29, 1.82) is 0 Å². The van der Waals surface area contributed by atoms with E-state index in [9.17, 15) is 9.59 Å². The van der Waals surface area contributed by atoms with Gasteiger partial charge in [0.2, 0.25) is 0 Å². The lowest BCUT2D eigenvalue weighted by atomic mass is 9.77. The van der Waals surface area contributed by atoms with Gasteiger partial charge < -0.3 is 18.9 Å². The number of esters is 2. The molecule has 0 aliphatic heterocycles. The summed E-state index contributed by atoms with van der Waals surface area (Å²) in [4.78, 5) is 25.5. The van der Waals surface area contributed by atoms with Gasteiger partial charge in [-0.1, -0.05) is 114 Å². The fourth-order valence-electron chi connectivity index (χ4n) is 8.48. The molecule has 0 saturated heterocycles. The van der Waals surface area contributed by atoms with E-state index in [1.165, 1.54) is 114 Å². The molecular formula is C46H70O6. The van der Waals surface area contributed by atoms with E-state index >= 15 is 0 Å². The predicted octanol–water partition coefficient (Wildman–Crippen LogP) is 11.8. The van der Waals surface area contributed by atoms with Crippen LogP contribution in [0.4, 0.5) is 0 Å². The second-order valence-electron chi connectivity index (χ2n) is 15.6. The van der Waals surface area contributed by atoms with E-state index in [4.69, 9.17) is 18.9 Å². The summed E-state index contributed by atoms with van der Waals surface area (Å²) in [5.74, 6) is 2.31. The van der Waals surface area contributed by atoms with E-state index in [0.29, 0.717) is 25.0 Å². The third-order valence-electron chi connectivity index (χ3n) is 11.7. The normalized spacial score (nSPS) is 21.7. The zero-order valence-electron chi connectivity index (χ0n) is 33.1. The summed E-state index contributed by atoms with van der Waals surface area (Å²) in [5.41, 5.74) is 4.88. The largest absolute Gasteiger partial charge is 0.466 e. The Balaban J connectivity index is 1.35. The molecule has 2 fully saturated rings. The molecule has 2 aromatic carbocycles. The SMILES string of the molecule is CCCCC[C@H]1CC[C@H](c2ccc(CO[C@H](CC(=O)OCC)[C@@H](CC(=O)OCC)OCc3ccc([C@H]4CC[C@H](CCCCC)CC4)cc3)cc2)CC1. The highest BCUT2D eigenvalue weighted by molar-refractivity contribution is 5.72. The molecule has 6 nitrogen and oxygen atoms in total. The van der Waals surface area contributed by atoms with Crippen molar-refractivity contribution in [1.82, 2.24) is 0 Å². The van der Waals surface area contributed by atoms with Crippen LogP contribution in [0.15, 0.2) is 48.5 Å². The minimum Gasteiger partial charge on any atom is -0.466 e. The molecule has 0 bridgehead atoms. The molecule has 2 aliphatic rings. The smallest absolute Gasteiger partial charge is 0.308 e. The van der Waals surface area contributed by atoms with Crippen molar-refractivity contribution in [2.75, 3.05) is 13.2 Å². The van der Waals surface area contributed by atoms with E-state index in [1.54, 1.807) is 13.8 Å². The van der Waals surface area contributed by atoms with Crippen molar-refractivity contribution in [3.05, 3.63) is 70.8 Å². The number of benzene rings is 2. The van der Waals surface area contributed by atoms with Gasteiger partial charge in [0.1, 0.15) is 0 Å². The van der Waals surface area contributed by atoms with Crippen molar-refractivity contribution in [3.8, 4) is 0 Å². The maximum atomic E-state index is 12.8. The summed E-state index contributed by atoms with van der Waals surface area (Å²) < 4.78 is 23.5. The summed E-state index contributed by atoms with van der Waals surface area (Å²) in [7, 11) is 0. The molecule has 4 rings (SSSR count). The van der Waals surface area contributed by atoms with Gasteiger partial charge in [-0.15, -0.1) is 0 Å². The molecule has 0 heterocycles. The van der Waals surface area contributed by atoms with Crippen LogP contribution in [0.1, 0.15) is 177 Å².